The van der Waals surface area contributed by atoms with E-state index in [0.29, 0.717) is 16.8 Å². The quantitative estimate of drug-likeness (QED) is 0.764. The van der Waals surface area contributed by atoms with Crippen molar-refractivity contribution in [1.29, 1.82) is 0 Å². The summed E-state index contributed by atoms with van der Waals surface area (Å²) in [6.07, 6.45) is 2.13. The van der Waals surface area contributed by atoms with Gasteiger partial charge in [0.05, 0.1) is 11.4 Å². The van der Waals surface area contributed by atoms with Crippen LogP contribution in [0.3, 0.4) is 0 Å². The van der Waals surface area contributed by atoms with E-state index in [1.807, 2.05) is 6.07 Å². The van der Waals surface area contributed by atoms with Gasteiger partial charge in [0.25, 0.3) is 0 Å². The molecule has 0 aliphatic carbocycles. The standard InChI is InChI=1S/C9H13ClN4/c10-9-8(11)4-7(13-14-9)3-6-1-2-12-5-6/h4,6,12H,1-3,5H2,(H2,11,13). The Bertz CT molecular complexity index is 323. The predicted octanol–water partition coefficient (Wildman–Crippen LogP) is 0.864. The minimum Gasteiger partial charge on any atom is -0.396 e. The van der Waals surface area contributed by atoms with E-state index < -0.39 is 0 Å². The highest BCUT2D eigenvalue weighted by Gasteiger charge is 2.16. The van der Waals surface area contributed by atoms with Gasteiger partial charge in [0, 0.05) is 0 Å². The summed E-state index contributed by atoms with van der Waals surface area (Å²) in [6.45, 7) is 2.16. The third-order valence-corrected chi connectivity index (χ3v) is 2.78. The summed E-state index contributed by atoms with van der Waals surface area (Å²) in [7, 11) is 0. The van der Waals surface area contributed by atoms with E-state index in [4.69, 9.17) is 17.3 Å². The number of rotatable bonds is 2. The number of nitrogens with one attached hydrogen (secondary N) is 1. The number of hydrogen-bond donors (Lipinski definition) is 2. The first-order valence-corrected chi connectivity index (χ1v) is 5.12. The van der Waals surface area contributed by atoms with Crippen molar-refractivity contribution in [3.8, 4) is 0 Å². The van der Waals surface area contributed by atoms with Gasteiger partial charge in [-0.05, 0) is 37.9 Å². The van der Waals surface area contributed by atoms with Crippen LogP contribution in [0.1, 0.15) is 12.1 Å². The first-order chi connectivity index (χ1) is 6.75. The number of aromatic nitrogens is 2. The molecule has 3 N–H and O–H groups in total. The van der Waals surface area contributed by atoms with Crippen molar-refractivity contribution < 1.29 is 0 Å². The van der Waals surface area contributed by atoms with Crippen molar-refractivity contribution in [2.45, 2.75) is 12.8 Å². The van der Waals surface area contributed by atoms with Crippen molar-refractivity contribution >= 4 is 17.3 Å². The fourth-order valence-corrected chi connectivity index (χ4v) is 1.81. The topological polar surface area (TPSA) is 63.8 Å². The van der Waals surface area contributed by atoms with E-state index in [2.05, 4.69) is 15.5 Å². The van der Waals surface area contributed by atoms with Gasteiger partial charge < -0.3 is 11.1 Å². The summed E-state index contributed by atoms with van der Waals surface area (Å²) in [5.74, 6) is 0.657. The highest BCUT2D eigenvalue weighted by atomic mass is 35.5. The van der Waals surface area contributed by atoms with Crippen LogP contribution in [0.2, 0.25) is 5.15 Å². The molecule has 1 aliphatic heterocycles. The van der Waals surface area contributed by atoms with Crippen LogP contribution in [0, 0.1) is 5.92 Å². The molecule has 0 aromatic carbocycles. The van der Waals surface area contributed by atoms with Crippen LogP contribution in [-0.2, 0) is 6.42 Å². The number of nitrogens with two attached hydrogens (primary N) is 1. The summed E-state index contributed by atoms with van der Waals surface area (Å²) in [5.41, 5.74) is 7.09. The molecule has 1 aromatic heterocycles. The Morgan fingerprint density at radius 3 is 3.07 bits per heavy atom. The summed E-state index contributed by atoms with van der Waals surface area (Å²) in [6, 6.07) is 1.81. The third-order valence-electron chi connectivity index (χ3n) is 2.49. The molecule has 76 valence electrons. The van der Waals surface area contributed by atoms with Crippen molar-refractivity contribution in [2.75, 3.05) is 18.8 Å². The van der Waals surface area contributed by atoms with Gasteiger partial charge >= 0.3 is 0 Å². The van der Waals surface area contributed by atoms with Gasteiger partial charge in [0.15, 0.2) is 5.15 Å². The van der Waals surface area contributed by atoms with Gasteiger partial charge in [-0.25, -0.2) is 0 Å². The summed E-state index contributed by atoms with van der Waals surface area (Å²) < 4.78 is 0. The minimum atomic E-state index is 0.290. The molecule has 0 saturated carbocycles. The fourth-order valence-electron chi connectivity index (χ4n) is 1.72. The van der Waals surface area contributed by atoms with Crippen LogP contribution in [0.25, 0.3) is 0 Å². The molecule has 0 radical (unpaired) electrons. The van der Waals surface area contributed by atoms with Crippen LogP contribution in [-0.4, -0.2) is 23.3 Å². The average molecular weight is 213 g/mol. The van der Waals surface area contributed by atoms with Gasteiger partial charge in [-0.1, -0.05) is 11.6 Å². The normalized spacial score (nSPS) is 21.4. The third kappa shape index (κ3) is 2.13. The minimum absolute atomic E-state index is 0.290. The average Bonchev–Trinajstić information content (AvgIpc) is 2.64. The summed E-state index contributed by atoms with van der Waals surface area (Å²) in [4.78, 5) is 0. The number of halogens is 1. The predicted molar refractivity (Wildman–Crippen MR) is 56.1 cm³/mol. The molecule has 1 saturated heterocycles. The molecule has 4 nitrogen and oxygen atoms in total. The van der Waals surface area contributed by atoms with E-state index in [1.54, 1.807) is 0 Å². The molecule has 2 heterocycles. The molecule has 2 rings (SSSR count). The first-order valence-electron chi connectivity index (χ1n) is 4.74. The lowest BCUT2D eigenvalue weighted by Crippen LogP contribution is -2.12. The van der Waals surface area contributed by atoms with Crippen molar-refractivity contribution in [3.63, 3.8) is 0 Å². The van der Waals surface area contributed by atoms with E-state index in [9.17, 15) is 0 Å². The van der Waals surface area contributed by atoms with Crippen molar-refractivity contribution in [1.82, 2.24) is 15.5 Å². The Kier molecular flexibility index (Phi) is 2.84. The molecule has 1 atom stereocenters. The molecular weight excluding hydrogens is 200 g/mol. The van der Waals surface area contributed by atoms with E-state index in [0.717, 1.165) is 25.2 Å². The molecule has 1 aliphatic rings. The molecular formula is C9H13ClN4. The monoisotopic (exact) mass is 212 g/mol. The van der Waals surface area contributed by atoms with Crippen molar-refractivity contribution in [3.05, 3.63) is 16.9 Å². The number of hydrogen-bond acceptors (Lipinski definition) is 4. The SMILES string of the molecule is Nc1cc(CC2CCNC2)nnc1Cl. The second-order valence-electron chi connectivity index (χ2n) is 3.64. The van der Waals surface area contributed by atoms with Gasteiger partial charge in [-0.3, -0.25) is 0 Å². The summed E-state index contributed by atoms with van der Waals surface area (Å²) in [5, 5.41) is 11.4. The second-order valence-corrected chi connectivity index (χ2v) is 4.00. The Morgan fingerprint density at radius 2 is 2.43 bits per heavy atom. The van der Waals surface area contributed by atoms with Crippen LogP contribution in [0.5, 0.6) is 0 Å². The van der Waals surface area contributed by atoms with E-state index >= 15 is 0 Å². The highest BCUT2D eigenvalue weighted by Crippen LogP contribution is 2.18. The second kappa shape index (κ2) is 4.11. The van der Waals surface area contributed by atoms with Gasteiger partial charge in [-0.15, -0.1) is 5.10 Å². The van der Waals surface area contributed by atoms with Crippen LogP contribution >= 0.6 is 11.6 Å². The lowest BCUT2D eigenvalue weighted by molar-refractivity contribution is 0.567. The first kappa shape index (κ1) is 9.68. The van der Waals surface area contributed by atoms with Crippen LogP contribution in [0.4, 0.5) is 5.69 Å². The number of nitrogen functional groups attached to an aromatic ring is 1. The maximum absolute atomic E-state index is 5.69. The van der Waals surface area contributed by atoms with Gasteiger partial charge in [0.2, 0.25) is 0 Å². The highest BCUT2D eigenvalue weighted by molar-refractivity contribution is 6.31. The molecule has 0 spiro atoms. The Labute approximate surface area is 87.9 Å². The zero-order valence-corrected chi connectivity index (χ0v) is 8.59. The Morgan fingerprint density at radius 1 is 1.57 bits per heavy atom. The molecule has 14 heavy (non-hydrogen) atoms. The Hall–Kier alpha value is -0.870. The summed E-state index contributed by atoms with van der Waals surface area (Å²) >= 11 is 5.69. The largest absolute Gasteiger partial charge is 0.396 e. The zero-order valence-electron chi connectivity index (χ0n) is 7.83. The van der Waals surface area contributed by atoms with Crippen LogP contribution in [0.15, 0.2) is 6.07 Å². The van der Waals surface area contributed by atoms with E-state index in [1.165, 1.54) is 6.42 Å². The fraction of sp³-hybridized carbons (Fsp3) is 0.556. The molecule has 1 aromatic rings. The van der Waals surface area contributed by atoms with E-state index in [-0.39, 0.29) is 0 Å². The smallest absolute Gasteiger partial charge is 0.174 e. The molecule has 0 amide bonds. The number of nitrogens with zero attached hydrogens (tertiary/aromatic N) is 2. The molecule has 0 bridgehead atoms. The van der Waals surface area contributed by atoms with Crippen LogP contribution < -0.4 is 11.1 Å². The zero-order chi connectivity index (χ0) is 9.97. The maximum Gasteiger partial charge on any atom is 0.174 e. The number of anilines is 1. The molecule has 5 heteroatoms. The van der Waals surface area contributed by atoms with Crippen molar-refractivity contribution in [2.24, 2.45) is 5.92 Å². The Balaban J connectivity index is 2.05. The lowest BCUT2D eigenvalue weighted by Gasteiger charge is -2.07. The lowest BCUT2D eigenvalue weighted by atomic mass is 10.0. The van der Waals surface area contributed by atoms with Gasteiger partial charge in [-0.2, -0.15) is 5.10 Å². The van der Waals surface area contributed by atoms with Gasteiger partial charge in [0.1, 0.15) is 0 Å². The molecule has 1 unspecified atom stereocenters. The molecule has 1 fully saturated rings. The maximum atomic E-state index is 5.69.